The predicted octanol–water partition coefficient (Wildman–Crippen LogP) is 0.844. The molecule has 0 radical (unpaired) electrons. The average molecular weight is 265 g/mol. The summed E-state index contributed by atoms with van der Waals surface area (Å²) in [6.07, 6.45) is 7.06. The van der Waals surface area contributed by atoms with E-state index >= 15 is 0 Å². The molecule has 2 aliphatic rings. The number of nitrogens with two attached hydrogens (primary N) is 1. The Hall–Kier alpha value is -1.14. The Morgan fingerprint density at radius 1 is 1.37 bits per heavy atom. The number of nitrogens with zero attached hydrogens (tertiary/aromatic N) is 3. The summed E-state index contributed by atoms with van der Waals surface area (Å²) in [6, 6.07) is 0.262. The average Bonchev–Trinajstić information content (AvgIpc) is 3.06. The maximum atomic E-state index is 5.90. The first-order valence-corrected chi connectivity index (χ1v) is 7.34. The number of nitrogens with one attached hydrogen (secondary N) is 1. The molecule has 106 valence electrons. The third-order valence-electron chi connectivity index (χ3n) is 4.00. The van der Waals surface area contributed by atoms with E-state index in [4.69, 9.17) is 10.5 Å². The van der Waals surface area contributed by atoms with Crippen molar-refractivity contribution in [3.8, 4) is 0 Å². The van der Waals surface area contributed by atoms with E-state index in [0.717, 1.165) is 50.7 Å². The molecule has 0 spiro atoms. The van der Waals surface area contributed by atoms with Gasteiger partial charge in [-0.15, -0.1) is 5.10 Å². The zero-order valence-electron chi connectivity index (χ0n) is 11.3. The fraction of sp³-hybridized carbons (Fsp3) is 0.846. The quantitative estimate of drug-likeness (QED) is 0.843. The Balaban J connectivity index is 1.50. The summed E-state index contributed by atoms with van der Waals surface area (Å²) in [7, 11) is 0. The van der Waals surface area contributed by atoms with Gasteiger partial charge in [0.15, 0.2) is 0 Å². The van der Waals surface area contributed by atoms with E-state index in [0.29, 0.717) is 6.10 Å². The molecule has 2 unspecified atom stereocenters. The van der Waals surface area contributed by atoms with Crippen LogP contribution in [0.5, 0.6) is 0 Å². The van der Waals surface area contributed by atoms with E-state index in [9.17, 15) is 0 Å². The van der Waals surface area contributed by atoms with Gasteiger partial charge in [-0.2, -0.15) is 4.98 Å². The number of aromatic nitrogens is 3. The molecule has 0 amide bonds. The fourth-order valence-corrected chi connectivity index (χ4v) is 2.84. The molecule has 2 aliphatic heterocycles. The lowest BCUT2D eigenvalue weighted by Gasteiger charge is -2.21. The maximum Gasteiger partial charge on any atom is 0.244 e. The Labute approximate surface area is 113 Å². The summed E-state index contributed by atoms with van der Waals surface area (Å²) in [5.74, 6) is 1.76. The van der Waals surface area contributed by atoms with E-state index in [1.165, 1.54) is 19.3 Å². The lowest BCUT2D eigenvalue weighted by molar-refractivity contribution is 0.0112. The first-order valence-electron chi connectivity index (χ1n) is 7.34. The van der Waals surface area contributed by atoms with Gasteiger partial charge in [-0.05, 0) is 32.1 Å². The first kappa shape index (κ1) is 12.9. The minimum absolute atomic E-state index is 0.262. The zero-order valence-corrected chi connectivity index (χ0v) is 11.3. The van der Waals surface area contributed by atoms with Crippen LogP contribution in [-0.4, -0.2) is 47.0 Å². The number of aryl methyl sites for hydroxylation is 1. The van der Waals surface area contributed by atoms with Crippen molar-refractivity contribution in [1.82, 2.24) is 15.2 Å². The number of aromatic amines is 1. The van der Waals surface area contributed by atoms with Crippen LogP contribution in [0.25, 0.3) is 0 Å². The van der Waals surface area contributed by atoms with Gasteiger partial charge >= 0.3 is 0 Å². The second-order valence-electron chi connectivity index (χ2n) is 5.60. The first-order chi connectivity index (χ1) is 9.31. The van der Waals surface area contributed by atoms with Gasteiger partial charge in [0, 0.05) is 32.2 Å². The highest BCUT2D eigenvalue weighted by atomic mass is 16.5. The largest absolute Gasteiger partial charge is 0.378 e. The third kappa shape index (κ3) is 3.25. The van der Waals surface area contributed by atoms with Crippen LogP contribution >= 0.6 is 0 Å². The lowest BCUT2D eigenvalue weighted by Crippen LogP contribution is -2.27. The molecule has 2 atom stereocenters. The van der Waals surface area contributed by atoms with Crippen molar-refractivity contribution in [2.24, 2.45) is 5.73 Å². The molecule has 0 bridgehead atoms. The second-order valence-corrected chi connectivity index (χ2v) is 5.60. The molecule has 3 heterocycles. The summed E-state index contributed by atoms with van der Waals surface area (Å²) >= 11 is 0. The molecular formula is C13H23N5O. The van der Waals surface area contributed by atoms with Gasteiger partial charge in [0.05, 0.1) is 6.10 Å². The minimum atomic E-state index is 0.262. The Morgan fingerprint density at radius 3 is 3.05 bits per heavy atom. The van der Waals surface area contributed by atoms with Crippen LogP contribution in [0.1, 0.15) is 37.9 Å². The number of hydrogen-bond acceptors (Lipinski definition) is 5. The zero-order chi connectivity index (χ0) is 13.1. The number of ether oxygens (including phenoxy) is 1. The maximum absolute atomic E-state index is 5.90. The van der Waals surface area contributed by atoms with Crippen LogP contribution in [-0.2, 0) is 11.2 Å². The van der Waals surface area contributed by atoms with E-state index < -0.39 is 0 Å². The number of rotatable bonds is 4. The van der Waals surface area contributed by atoms with Crippen molar-refractivity contribution in [3.05, 3.63) is 5.82 Å². The molecule has 19 heavy (non-hydrogen) atoms. The summed E-state index contributed by atoms with van der Waals surface area (Å²) in [5, 5.41) is 7.33. The van der Waals surface area contributed by atoms with Crippen molar-refractivity contribution < 1.29 is 4.74 Å². The van der Waals surface area contributed by atoms with E-state index in [2.05, 4.69) is 20.1 Å². The second kappa shape index (κ2) is 5.88. The van der Waals surface area contributed by atoms with Gasteiger partial charge < -0.3 is 15.4 Å². The van der Waals surface area contributed by atoms with Gasteiger partial charge in [-0.1, -0.05) is 0 Å². The molecule has 6 nitrogen and oxygen atoms in total. The van der Waals surface area contributed by atoms with Crippen molar-refractivity contribution in [3.63, 3.8) is 0 Å². The summed E-state index contributed by atoms with van der Waals surface area (Å²) < 4.78 is 5.73. The molecule has 1 aromatic heterocycles. The van der Waals surface area contributed by atoms with Gasteiger partial charge in [-0.3, -0.25) is 5.10 Å². The molecular weight excluding hydrogens is 242 g/mol. The highest BCUT2D eigenvalue weighted by Crippen LogP contribution is 2.18. The predicted molar refractivity (Wildman–Crippen MR) is 73.1 cm³/mol. The van der Waals surface area contributed by atoms with E-state index in [-0.39, 0.29) is 6.04 Å². The molecule has 0 aliphatic carbocycles. The summed E-state index contributed by atoms with van der Waals surface area (Å²) in [6.45, 7) is 2.74. The Kier molecular flexibility index (Phi) is 3.98. The fourth-order valence-electron chi connectivity index (χ4n) is 2.84. The van der Waals surface area contributed by atoms with Gasteiger partial charge in [0.25, 0.3) is 0 Å². The normalized spacial score (nSPS) is 27.9. The summed E-state index contributed by atoms with van der Waals surface area (Å²) in [4.78, 5) is 6.71. The van der Waals surface area contributed by atoms with Gasteiger partial charge in [0.1, 0.15) is 5.82 Å². The third-order valence-corrected chi connectivity index (χ3v) is 4.00. The molecule has 6 heteroatoms. The highest BCUT2D eigenvalue weighted by Gasteiger charge is 2.22. The van der Waals surface area contributed by atoms with Crippen LogP contribution in [0.3, 0.4) is 0 Å². The number of hydrogen-bond donors (Lipinski definition) is 2. The minimum Gasteiger partial charge on any atom is -0.378 e. The van der Waals surface area contributed by atoms with Crippen molar-refractivity contribution in [1.29, 1.82) is 0 Å². The van der Waals surface area contributed by atoms with E-state index in [1.807, 2.05) is 0 Å². The van der Waals surface area contributed by atoms with Crippen LogP contribution in [0, 0.1) is 0 Å². The van der Waals surface area contributed by atoms with Crippen LogP contribution in [0.4, 0.5) is 5.95 Å². The number of H-pyrrole nitrogens is 1. The smallest absolute Gasteiger partial charge is 0.244 e. The molecule has 1 aromatic rings. The molecule has 2 fully saturated rings. The highest BCUT2D eigenvalue weighted by molar-refractivity contribution is 5.31. The standard InChI is InChI=1S/C13H23N5O/c14-10-6-7-18(9-10)13-15-12(16-17-13)5-4-11-3-1-2-8-19-11/h10-11H,1-9,14H2,(H,15,16,17). The topological polar surface area (TPSA) is 80.1 Å². The van der Waals surface area contributed by atoms with Crippen LogP contribution in [0.15, 0.2) is 0 Å². The summed E-state index contributed by atoms with van der Waals surface area (Å²) in [5.41, 5.74) is 5.90. The molecule has 0 saturated carbocycles. The monoisotopic (exact) mass is 265 g/mol. The Morgan fingerprint density at radius 2 is 2.32 bits per heavy atom. The molecule has 3 N–H and O–H groups in total. The molecule has 0 aromatic carbocycles. The molecule has 2 saturated heterocycles. The van der Waals surface area contributed by atoms with Crippen LogP contribution < -0.4 is 10.6 Å². The van der Waals surface area contributed by atoms with Gasteiger partial charge in [0.2, 0.25) is 5.95 Å². The van der Waals surface area contributed by atoms with Crippen LogP contribution in [0.2, 0.25) is 0 Å². The van der Waals surface area contributed by atoms with Crippen molar-refractivity contribution >= 4 is 5.95 Å². The van der Waals surface area contributed by atoms with Crippen molar-refractivity contribution in [2.75, 3.05) is 24.6 Å². The lowest BCUT2D eigenvalue weighted by atomic mass is 10.0. The van der Waals surface area contributed by atoms with Gasteiger partial charge in [-0.25, -0.2) is 0 Å². The Bertz CT molecular complexity index is 401. The van der Waals surface area contributed by atoms with Crippen molar-refractivity contribution in [2.45, 2.75) is 50.7 Å². The number of anilines is 1. The SMILES string of the molecule is NC1CCN(c2n[nH]c(CCC3CCCCO3)n2)C1. The molecule has 3 rings (SSSR count). The van der Waals surface area contributed by atoms with E-state index in [1.54, 1.807) is 0 Å².